The molecule has 3 aliphatic heterocycles. The van der Waals surface area contributed by atoms with E-state index in [0.717, 1.165) is 13.1 Å². The van der Waals surface area contributed by atoms with Crippen LogP contribution >= 0.6 is 0 Å². The van der Waals surface area contributed by atoms with Gasteiger partial charge in [0.05, 0.1) is 12.2 Å². The molecule has 24 heavy (non-hydrogen) atoms. The fraction of sp³-hybridized carbons (Fsp3) is 0.947. The molecule has 3 rings (SSSR count). The zero-order chi connectivity index (χ0) is 17.3. The van der Waals surface area contributed by atoms with Crippen molar-refractivity contribution in [2.45, 2.75) is 89.6 Å². The maximum Gasteiger partial charge on any atom is 0.220 e. The van der Waals surface area contributed by atoms with Crippen LogP contribution in [0.4, 0.5) is 0 Å². The van der Waals surface area contributed by atoms with Crippen molar-refractivity contribution < 1.29 is 9.53 Å². The van der Waals surface area contributed by atoms with Crippen molar-refractivity contribution in [2.24, 2.45) is 5.92 Å². The molecule has 2 bridgehead atoms. The highest BCUT2D eigenvalue weighted by molar-refractivity contribution is 5.76. The van der Waals surface area contributed by atoms with E-state index in [9.17, 15) is 4.79 Å². The summed E-state index contributed by atoms with van der Waals surface area (Å²) in [5, 5.41) is 6.86. The average Bonchev–Trinajstić information content (AvgIpc) is 2.83. The van der Waals surface area contributed by atoms with E-state index in [4.69, 9.17) is 4.74 Å². The SMILES string of the molecule is CC1CN(C(C)(C)CNC(=O)CC2CC3CCC(C2)N3)CC(C)O1. The fourth-order valence-electron chi connectivity index (χ4n) is 4.77. The third-order valence-electron chi connectivity index (χ3n) is 6.04. The molecule has 0 aromatic heterocycles. The van der Waals surface area contributed by atoms with Crippen molar-refractivity contribution in [2.75, 3.05) is 19.6 Å². The molecule has 0 aliphatic carbocycles. The largest absolute Gasteiger partial charge is 0.373 e. The Labute approximate surface area is 146 Å². The van der Waals surface area contributed by atoms with Gasteiger partial charge in [0.1, 0.15) is 0 Å². The number of rotatable bonds is 5. The summed E-state index contributed by atoms with van der Waals surface area (Å²) in [6.45, 7) is 11.3. The summed E-state index contributed by atoms with van der Waals surface area (Å²) in [6, 6.07) is 1.32. The minimum atomic E-state index is -0.0326. The van der Waals surface area contributed by atoms with Crippen LogP contribution < -0.4 is 10.6 Å². The maximum absolute atomic E-state index is 12.4. The van der Waals surface area contributed by atoms with E-state index in [1.807, 2.05) is 0 Å². The number of hydrogen-bond acceptors (Lipinski definition) is 4. The molecule has 3 heterocycles. The summed E-state index contributed by atoms with van der Waals surface area (Å²) in [6.07, 6.45) is 6.15. The van der Waals surface area contributed by atoms with Gasteiger partial charge in [-0.2, -0.15) is 0 Å². The Morgan fingerprint density at radius 2 is 1.75 bits per heavy atom. The van der Waals surface area contributed by atoms with E-state index in [2.05, 4.69) is 43.2 Å². The van der Waals surface area contributed by atoms with Gasteiger partial charge < -0.3 is 15.4 Å². The van der Waals surface area contributed by atoms with E-state index >= 15 is 0 Å². The first-order valence-electron chi connectivity index (χ1n) is 9.75. The van der Waals surface area contributed by atoms with Crippen LogP contribution in [-0.2, 0) is 9.53 Å². The lowest BCUT2D eigenvalue weighted by atomic mass is 9.89. The van der Waals surface area contributed by atoms with Crippen molar-refractivity contribution in [3.8, 4) is 0 Å². The minimum absolute atomic E-state index is 0.0326. The molecule has 1 amide bonds. The summed E-state index contributed by atoms with van der Waals surface area (Å²) in [5.74, 6) is 0.791. The van der Waals surface area contributed by atoms with Crippen LogP contribution in [0.1, 0.15) is 59.8 Å². The van der Waals surface area contributed by atoms with Crippen LogP contribution in [0.25, 0.3) is 0 Å². The number of hydrogen-bond donors (Lipinski definition) is 2. The van der Waals surface area contributed by atoms with Crippen LogP contribution in [0.15, 0.2) is 0 Å². The van der Waals surface area contributed by atoms with Crippen LogP contribution in [-0.4, -0.2) is 60.3 Å². The van der Waals surface area contributed by atoms with Gasteiger partial charge in [0.25, 0.3) is 0 Å². The van der Waals surface area contributed by atoms with Crippen molar-refractivity contribution in [1.82, 2.24) is 15.5 Å². The molecule has 4 atom stereocenters. The van der Waals surface area contributed by atoms with Crippen LogP contribution in [0.3, 0.4) is 0 Å². The second-order valence-electron chi connectivity index (χ2n) is 8.93. The average molecular weight is 338 g/mol. The van der Waals surface area contributed by atoms with E-state index in [-0.39, 0.29) is 23.7 Å². The molecule has 0 radical (unpaired) electrons. The van der Waals surface area contributed by atoms with E-state index in [1.165, 1.54) is 25.7 Å². The number of ether oxygens (including phenoxy) is 1. The summed E-state index contributed by atoms with van der Waals surface area (Å²) in [7, 11) is 0. The van der Waals surface area contributed by atoms with E-state index < -0.39 is 0 Å². The first kappa shape index (κ1) is 18.2. The van der Waals surface area contributed by atoms with Gasteiger partial charge in [-0.05, 0) is 59.3 Å². The minimum Gasteiger partial charge on any atom is -0.373 e. The molecule has 5 nitrogen and oxygen atoms in total. The third kappa shape index (κ3) is 4.50. The molecule has 5 heteroatoms. The Balaban J connectivity index is 1.44. The summed E-state index contributed by atoms with van der Waals surface area (Å²) in [4.78, 5) is 14.9. The second kappa shape index (κ2) is 7.30. The first-order chi connectivity index (χ1) is 11.3. The van der Waals surface area contributed by atoms with E-state index in [1.54, 1.807) is 0 Å². The molecule has 3 fully saturated rings. The molecular weight excluding hydrogens is 302 g/mol. The predicted molar refractivity (Wildman–Crippen MR) is 96.0 cm³/mol. The van der Waals surface area contributed by atoms with Crippen molar-refractivity contribution in [3.63, 3.8) is 0 Å². The van der Waals surface area contributed by atoms with Crippen molar-refractivity contribution in [3.05, 3.63) is 0 Å². The molecule has 0 saturated carbocycles. The second-order valence-corrected chi connectivity index (χ2v) is 8.93. The Kier molecular flexibility index (Phi) is 5.52. The number of carbonyl (C=O) groups is 1. The number of carbonyl (C=O) groups excluding carboxylic acids is 1. The lowest BCUT2D eigenvalue weighted by molar-refractivity contribution is -0.124. The van der Waals surface area contributed by atoms with Gasteiger partial charge in [0.15, 0.2) is 0 Å². The standard InChI is InChI=1S/C19H35N3O2/c1-13-10-22(11-14(2)24-13)19(3,4)12-20-18(23)9-15-7-16-5-6-17(8-15)21-16/h13-17,21H,5-12H2,1-4H3,(H,20,23). The van der Waals surface area contributed by atoms with Gasteiger partial charge in [-0.15, -0.1) is 0 Å². The zero-order valence-corrected chi connectivity index (χ0v) is 15.8. The van der Waals surface area contributed by atoms with Gasteiger partial charge in [0, 0.05) is 43.7 Å². The smallest absolute Gasteiger partial charge is 0.220 e. The van der Waals surface area contributed by atoms with Crippen LogP contribution in [0.5, 0.6) is 0 Å². The highest BCUT2D eigenvalue weighted by atomic mass is 16.5. The Bertz CT molecular complexity index is 432. The van der Waals surface area contributed by atoms with Crippen LogP contribution in [0.2, 0.25) is 0 Å². The van der Waals surface area contributed by atoms with Crippen LogP contribution in [0, 0.1) is 5.92 Å². The zero-order valence-electron chi connectivity index (χ0n) is 15.8. The Morgan fingerprint density at radius 3 is 2.33 bits per heavy atom. The topological polar surface area (TPSA) is 53.6 Å². The molecule has 2 N–H and O–H groups in total. The molecule has 0 aromatic rings. The number of piperidine rings is 1. The lowest BCUT2D eigenvalue weighted by Gasteiger charge is -2.45. The first-order valence-corrected chi connectivity index (χ1v) is 9.75. The molecule has 138 valence electrons. The molecule has 4 unspecified atom stereocenters. The van der Waals surface area contributed by atoms with Gasteiger partial charge in [-0.1, -0.05) is 0 Å². The third-order valence-corrected chi connectivity index (χ3v) is 6.04. The summed E-state index contributed by atoms with van der Waals surface area (Å²) >= 11 is 0. The number of morpholine rings is 1. The summed E-state index contributed by atoms with van der Waals surface area (Å²) < 4.78 is 5.83. The quantitative estimate of drug-likeness (QED) is 0.805. The summed E-state index contributed by atoms with van der Waals surface area (Å²) in [5.41, 5.74) is -0.0326. The highest BCUT2D eigenvalue weighted by Gasteiger charge is 2.35. The monoisotopic (exact) mass is 337 g/mol. The predicted octanol–water partition coefficient (Wildman–Crippen LogP) is 1.91. The fourth-order valence-corrected chi connectivity index (χ4v) is 4.77. The number of nitrogens with zero attached hydrogens (tertiary/aromatic N) is 1. The lowest BCUT2D eigenvalue weighted by Crippen LogP contribution is -2.58. The van der Waals surface area contributed by atoms with Gasteiger partial charge in [-0.3, -0.25) is 9.69 Å². The van der Waals surface area contributed by atoms with Gasteiger partial charge in [0.2, 0.25) is 5.91 Å². The highest BCUT2D eigenvalue weighted by Crippen LogP contribution is 2.32. The molecule has 0 spiro atoms. The van der Waals surface area contributed by atoms with Crippen molar-refractivity contribution in [1.29, 1.82) is 0 Å². The molecule has 3 aliphatic rings. The van der Waals surface area contributed by atoms with Gasteiger partial charge >= 0.3 is 0 Å². The van der Waals surface area contributed by atoms with E-state index in [0.29, 0.717) is 31.0 Å². The molecule has 3 saturated heterocycles. The Morgan fingerprint density at radius 1 is 1.17 bits per heavy atom. The number of amides is 1. The number of fused-ring (bicyclic) bond motifs is 2. The van der Waals surface area contributed by atoms with Gasteiger partial charge in [-0.25, -0.2) is 0 Å². The normalized spacial score (nSPS) is 37.4. The van der Waals surface area contributed by atoms with Crippen molar-refractivity contribution >= 4 is 5.91 Å². The maximum atomic E-state index is 12.4. The molecular formula is C19H35N3O2. The number of nitrogens with one attached hydrogen (secondary N) is 2. The Hall–Kier alpha value is -0.650. The molecule has 0 aromatic carbocycles.